The van der Waals surface area contributed by atoms with Crippen LogP contribution in [0.25, 0.3) is 0 Å². The molecule has 0 aliphatic rings. The minimum Gasteiger partial charge on any atom is -0.508 e. The molecule has 0 aliphatic carbocycles. The summed E-state index contributed by atoms with van der Waals surface area (Å²) in [4.78, 5) is 4.49. The van der Waals surface area contributed by atoms with Crippen molar-refractivity contribution in [2.24, 2.45) is 5.73 Å². The van der Waals surface area contributed by atoms with Gasteiger partial charge in [0, 0.05) is 5.38 Å². The highest BCUT2D eigenvalue weighted by atomic mass is 32.1. The van der Waals surface area contributed by atoms with Crippen LogP contribution in [0.15, 0.2) is 29.6 Å². The van der Waals surface area contributed by atoms with Crippen molar-refractivity contribution in [3.05, 3.63) is 45.9 Å². The van der Waals surface area contributed by atoms with Crippen molar-refractivity contribution in [3.8, 4) is 5.75 Å². The molecular weight excluding hydrogens is 232 g/mol. The molecule has 0 unspecified atom stereocenters. The highest BCUT2D eigenvalue weighted by Crippen LogP contribution is 2.21. The zero-order valence-electron chi connectivity index (χ0n) is 9.76. The lowest BCUT2D eigenvalue weighted by Gasteiger charge is -2.08. The smallest absolute Gasteiger partial charge is 0.115 e. The van der Waals surface area contributed by atoms with Gasteiger partial charge in [0.25, 0.3) is 0 Å². The second-order valence-electron chi connectivity index (χ2n) is 4.01. The zero-order valence-corrected chi connectivity index (χ0v) is 10.6. The van der Waals surface area contributed by atoms with Crippen LogP contribution in [0.5, 0.6) is 5.75 Å². The van der Waals surface area contributed by atoms with Crippen molar-refractivity contribution < 1.29 is 5.11 Å². The molecule has 2 aromatic rings. The lowest BCUT2D eigenvalue weighted by Crippen LogP contribution is -2.13. The first kappa shape index (κ1) is 12.1. The Balaban J connectivity index is 2.05. The van der Waals surface area contributed by atoms with Crippen molar-refractivity contribution >= 4 is 11.3 Å². The molecule has 0 saturated carbocycles. The van der Waals surface area contributed by atoms with Crippen LogP contribution in [0, 0.1) is 0 Å². The molecule has 0 radical (unpaired) electrons. The van der Waals surface area contributed by atoms with Crippen LogP contribution in [-0.4, -0.2) is 10.1 Å². The Bertz CT molecular complexity index is 478. The number of nitrogens with two attached hydrogens (primary N) is 1. The SMILES string of the molecule is CCc1csc([C@@H](N)Cc2ccc(O)cc2)n1. The molecule has 0 spiro atoms. The minimum atomic E-state index is -0.0650. The Labute approximate surface area is 105 Å². The largest absolute Gasteiger partial charge is 0.508 e. The van der Waals surface area contributed by atoms with Crippen molar-refractivity contribution in [2.75, 3.05) is 0 Å². The summed E-state index contributed by atoms with van der Waals surface area (Å²) in [6.45, 7) is 2.09. The van der Waals surface area contributed by atoms with Crippen LogP contribution in [-0.2, 0) is 12.8 Å². The molecule has 17 heavy (non-hydrogen) atoms. The van der Waals surface area contributed by atoms with E-state index in [0.717, 1.165) is 29.1 Å². The number of phenols is 1. The lowest BCUT2D eigenvalue weighted by molar-refractivity contribution is 0.475. The predicted molar refractivity (Wildman–Crippen MR) is 70.2 cm³/mol. The van der Waals surface area contributed by atoms with Gasteiger partial charge in [0.2, 0.25) is 0 Å². The average Bonchev–Trinajstić information content (AvgIpc) is 2.81. The van der Waals surface area contributed by atoms with E-state index in [1.807, 2.05) is 12.1 Å². The predicted octanol–water partition coefficient (Wildman–Crippen LogP) is 2.65. The van der Waals surface area contributed by atoms with Crippen LogP contribution in [0.1, 0.15) is 29.2 Å². The molecule has 1 heterocycles. The van der Waals surface area contributed by atoms with Gasteiger partial charge >= 0.3 is 0 Å². The molecule has 0 saturated heterocycles. The summed E-state index contributed by atoms with van der Waals surface area (Å²) >= 11 is 1.62. The Morgan fingerprint density at radius 1 is 1.35 bits per heavy atom. The first-order valence-electron chi connectivity index (χ1n) is 5.67. The summed E-state index contributed by atoms with van der Waals surface area (Å²) in [6.07, 6.45) is 1.69. The summed E-state index contributed by atoms with van der Waals surface area (Å²) in [6, 6.07) is 7.08. The number of thiazole rings is 1. The lowest BCUT2D eigenvalue weighted by atomic mass is 10.1. The van der Waals surface area contributed by atoms with Gasteiger partial charge in [0.05, 0.1) is 11.7 Å². The molecule has 0 amide bonds. The van der Waals surface area contributed by atoms with E-state index in [1.165, 1.54) is 0 Å². The Hall–Kier alpha value is -1.39. The normalized spacial score (nSPS) is 12.6. The third-order valence-corrected chi connectivity index (χ3v) is 3.67. The van der Waals surface area contributed by atoms with Crippen LogP contribution >= 0.6 is 11.3 Å². The quantitative estimate of drug-likeness (QED) is 0.874. The second kappa shape index (κ2) is 5.29. The van der Waals surface area contributed by atoms with E-state index in [1.54, 1.807) is 23.5 Å². The van der Waals surface area contributed by atoms with Gasteiger partial charge in [0.15, 0.2) is 0 Å². The number of aryl methyl sites for hydroxylation is 1. The third kappa shape index (κ3) is 3.05. The van der Waals surface area contributed by atoms with Crippen LogP contribution in [0.3, 0.4) is 0 Å². The van der Waals surface area contributed by atoms with E-state index in [0.29, 0.717) is 0 Å². The second-order valence-corrected chi connectivity index (χ2v) is 4.90. The molecule has 0 aliphatic heterocycles. The van der Waals surface area contributed by atoms with Crippen LogP contribution in [0.2, 0.25) is 0 Å². The molecule has 0 bridgehead atoms. The average molecular weight is 248 g/mol. The zero-order chi connectivity index (χ0) is 12.3. The number of rotatable bonds is 4. The van der Waals surface area contributed by atoms with Crippen molar-refractivity contribution in [2.45, 2.75) is 25.8 Å². The number of hydrogen-bond acceptors (Lipinski definition) is 4. The van der Waals surface area contributed by atoms with Gasteiger partial charge in [-0.25, -0.2) is 4.98 Å². The van der Waals surface area contributed by atoms with Gasteiger partial charge in [-0.3, -0.25) is 0 Å². The van der Waals surface area contributed by atoms with E-state index in [4.69, 9.17) is 5.73 Å². The Morgan fingerprint density at radius 2 is 2.06 bits per heavy atom. The number of nitrogens with zero attached hydrogens (tertiary/aromatic N) is 1. The Morgan fingerprint density at radius 3 is 2.65 bits per heavy atom. The van der Waals surface area contributed by atoms with Gasteiger partial charge in [-0.2, -0.15) is 0 Å². The monoisotopic (exact) mass is 248 g/mol. The summed E-state index contributed by atoms with van der Waals surface area (Å²) < 4.78 is 0. The van der Waals surface area contributed by atoms with E-state index in [2.05, 4.69) is 17.3 Å². The number of aromatic hydroxyl groups is 1. The van der Waals surface area contributed by atoms with Gasteiger partial charge in [-0.1, -0.05) is 19.1 Å². The molecular formula is C13H16N2OS. The molecule has 1 aromatic heterocycles. The van der Waals surface area contributed by atoms with Crippen LogP contribution in [0.4, 0.5) is 0 Å². The topological polar surface area (TPSA) is 59.1 Å². The summed E-state index contributed by atoms with van der Waals surface area (Å²) in [5.74, 6) is 0.282. The number of aromatic nitrogens is 1. The molecule has 4 heteroatoms. The highest BCUT2D eigenvalue weighted by molar-refractivity contribution is 7.09. The first-order chi connectivity index (χ1) is 8.19. The fraction of sp³-hybridized carbons (Fsp3) is 0.308. The maximum Gasteiger partial charge on any atom is 0.115 e. The molecule has 90 valence electrons. The van der Waals surface area contributed by atoms with Gasteiger partial charge in [-0.05, 0) is 30.5 Å². The first-order valence-corrected chi connectivity index (χ1v) is 6.54. The molecule has 2 rings (SSSR count). The fourth-order valence-electron chi connectivity index (χ4n) is 1.63. The van der Waals surface area contributed by atoms with Crippen LogP contribution < -0.4 is 5.73 Å². The number of benzene rings is 1. The van der Waals surface area contributed by atoms with Gasteiger partial charge < -0.3 is 10.8 Å². The van der Waals surface area contributed by atoms with E-state index in [9.17, 15) is 5.11 Å². The van der Waals surface area contributed by atoms with Gasteiger partial charge in [0.1, 0.15) is 10.8 Å². The fourth-order valence-corrected chi connectivity index (χ4v) is 2.53. The summed E-state index contributed by atoms with van der Waals surface area (Å²) in [7, 11) is 0. The summed E-state index contributed by atoms with van der Waals surface area (Å²) in [5, 5.41) is 12.2. The third-order valence-electron chi connectivity index (χ3n) is 2.64. The molecule has 3 nitrogen and oxygen atoms in total. The molecule has 0 fully saturated rings. The highest BCUT2D eigenvalue weighted by Gasteiger charge is 2.11. The molecule has 1 aromatic carbocycles. The minimum absolute atomic E-state index is 0.0650. The van der Waals surface area contributed by atoms with E-state index >= 15 is 0 Å². The molecule has 3 N–H and O–H groups in total. The number of hydrogen-bond donors (Lipinski definition) is 2. The van der Waals surface area contributed by atoms with Crippen molar-refractivity contribution in [1.82, 2.24) is 4.98 Å². The van der Waals surface area contributed by atoms with E-state index < -0.39 is 0 Å². The van der Waals surface area contributed by atoms with Gasteiger partial charge in [-0.15, -0.1) is 11.3 Å². The van der Waals surface area contributed by atoms with E-state index in [-0.39, 0.29) is 11.8 Å². The maximum absolute atomic E-state index is 9.20. The van der Waals surface area contributed by atoms with Crippen molar-refractivity contribution in [3.63, 3.8) is 0 Å². The van der Waals surface area contributed by atoms with Crippen molar-refractivity contribution in [1.29, 1.82) is 0 Å². The summed E-state index contributed by atoms with van der Waals surface area (Å²) in [5.41, 5.74) is 8.34. The maximum atomic E-state index is 9.20. The Kier molecular flexibility index (Phi) is 3.76. The number of phenolic OH excluding ortho intramolecular Hbond substituents is 1. The standard InChI is InChI=1S/C13H16N2OS/c1-2-10-8-17-13(15-10)12(14)7-9-3-5-11(16)6-4-9/h3-6,8,12,16H,2,7,14H2,1H3/t12-/m0/s1. The molecule has 1 atom stereocenters.